The number of carbonyl (C=O) groups is 1. The van der Waals surface area contributed by atoms with Crippen molar-refractivity contribution in [1.82, 2.24) is 9.61 Å². The first kappa shape index (κ1) is 22.8. The summed E-state index contributed by atoms with van der Waals surface area (Å²) in [5.74, 6) is -0.0198. The van der Waals surface area contributed by atoms with Crippen LogP contribution in [0.2, 0.25) is 10.0 Å². The fraction of sp³-hybridized carbons (Fsp3) is 0.192. The van der Waals surface area contributed by atoms with E-state index >= 15 is 0 Å². The van der Waals surface area contributed by atoms with E-state index in [9.17, 15) is 4.79 Å². The zero-order valence-corrected chi connectivity index (χ0v) is 20.2. The molecule has 5 nitrogen and oxygen atoms in total. The molecule has 2 aromatic carbocycles. The monoisotopic (exact) mass is 476 g/mol. The van der Waals surface area contributed by atoms with Crippen molar-refractivity contribution >= 4 is 40.3 Å². The van der Waals surface area contributed by atoms with Crippen LogP contribution in [0.3, 0.4) is 0 Å². The molecule has 166 valence electrons. The largest absolute Gasteiger partial charge is 0.311 e. The fourth-order valence-electron chi connectivity index (χ4n) is 3.94. The van der Waals surface area contributed by atoms with Gasteiger partial charge in [-0.1, -0.05) is 37.0 Å². The van der Waals surface area contributed by atoms with Gasteiger partial charge in [0, 0.05) is 39.6 Å². The van der Waals surface area contributed by atoms with Crippen LogP contribution in [0.4, 0.5) is 5.69 Å². The molecular weight excluding hydrogens is 455 g/mol. The van der Waals surface area contributed by atoms with Crippen LogP contribution in [0, 0.1) is 18.3 Å². The molecule has 0 saturated carbocycles. The van der Waals surface area contributed by atoms with Crippen molar-refractivity contribution in [3.63, 3.8) is 0 Å². The van der Waals surface area contributed by atoms with Crippen molar-refractivity contribution in [3.05, 3.63) is 87.2 Å². The molecule has 0 atom stereocenters. The summed E-state index contributed by atoms with van der Waals surface area (Å²) in [4.78, 5) is 15.0. The average Bonchev–Trinajstić information content (AvgIpc) is 3.12. The quantitative estimate of drug-likeness (QED) is 0.322. The van der Waals surface area contributed by atoms with E-state index in [1.165, 1.54) is 0 Å². The van der Waals surface area contributed by atoms with Crippen LogP contribution < -0.4 is 4.90 Å². The fourth-order valence-corrected chi connectivity index (χ4v) is 4.47. The number of fused-ring (bicyclic) bond motifs is 1. The molecule has 0 bridgehead atoms. The molecule has 0 saturated heterocycles. The van der Waals surface area contributed by atoms with Gasteiger partial charge in [-0.25, -0.2) is 4.52 Å². The number of pyridine rings is 1. The molecule has 33 heavy (non-hydrogen) atoms. The van der Waals surface area contributed by atoms with Gasteiger partial charge in [0.2, 0.25) is 0 Å². The van der Waals surface area contributed by atoms with Gasteiger partial charge in [-0.3, -0.25) is 4.79 Å². The Morgan fingerprint density at radius 1 is 1.06 bits per heavy atom. The van der Waals surface area contributed by atoms with Crippen LogP contribution in [0.1, 0.15) is 47.1 Å². The molecule has 2 heterocycles. The van der Waals surface area contributed by atoms with Crippen molar-refractivity contribution in [2.75, 3.05) is 11.9 Å². The summed E-state index contributed by atoms with van der Waals surface area (Å²) in [6.07, 6.45) is 0. The molecule has 0 aliphatic heterocycles. The van der Waals surface area contributed by atoms with E-state index in [0.29, 0.717) is 26.9 Å². The molecule has 7 heteroatoms. The first-order valence-corrected chi connectivity index (χ1v) is 11.2. The Balaban J connectivity index is 1.89. The van der Waals surface area contributed by atoms with Gasteiger partial charge in [-0.2, -0.15) is 10.4 Å². The predicted octanol–water partition coefficient (Wildman–Crippen LogP) is 6.89. The van der Waals surface area contributed by atoms with Gasteiger partial charge in [0.25, 0.3) is 5.91 Å². The van der Waals surface area contributed by atoms with E-state index in [4.69, 9.17) is 33.6 Å². The van der Waals surface area contributed by atoms with Gasteiger partial charge in [-0.05, 0) is 73.0 Å². The maximum Gasteiger partial charge on any atom is 0.258 e. The zero-order chi connectivity index (χ0) is 23.9. The number of halogens is 2. The van der Waals surface area contributed by atoms with Crippen molar-refractivity contribution in [3.8, 4) is 17.2 Å². The van der Waals surface area contributed by atoms with Crippen LogP contribution in [0.5, 0.6) is 0 Å². The third-order valence-corrected chi connectivity index (χ3v) is 6.05. The van der Waals surface area contributed by atoms with Crippen LogP contribution in [0.15, 0.2) is 54.6 Å². The summed E-state index contributed by atoms with van der Waals surface area (Å²) < 4.78 is 1.89. The van der Waals surface area contributed by atoms with Crippen LogP contribution in [-0.2, 0) is 0 Å². The lowest BCUT2D eigenvalue weighted by molar-refractivity contribution is 0.0993. The summed E-state index contributed by atoms with van der Waals surface area (Å²) in [5.41, 5.74) is 6.09. The van der Waals surface area contributed by atoms with Crippen molar-refractivity contribution < 1.29 is 4.79 Å². The van der Waals surface area contributed by atoms with Gasteiger partial charge in [-0.15, -0.1) is 0 Å². The maximum atomic E-state index is 13.5. The molecule has 0 fully saturated rings. The molecule has 4 rings (SSSR count). The minimum absolute atomic E-state index is 0.135. The minimum atomic E-state index is -0.155. The summed E-state index contributed by atoms with van der Waals surface area (Å²) in [6.45, 7) is 6.08. The number of carbonyl (C=O) groups excluding carboxylic acids is 1. The highest BCUT2D eigenvalue weighted by Gasteiger charge is 2.21. The Morgan fingerprint density at radius 2 is 1.70 bits per heavy atom. The molecule has 1 amide bonds. The van der Waals surface area contributed by atoms with E-state index < -0.39 is 0 Å². The van der Waals surface area contributed by atoms with E-state index in [0.717, 1.165) is 28.0 Å². The second kappa shape index (κ2) is 8.90. The van der Waals surface area contributed by atoms with Crippen molar-refractivity contribution in [2.24, 2.45) is 0 Å². The molecule has 0 aliphatic rings. The third-order valence-electron chi connectivity index (χ3n) is 5.61. The number of rotatable bonds is 4. The highest BCUT2D eigenvalue weighted by Crippen LogP contribution is 2.35. The average molecular weight is 477 g/mol. The zero-order valence-electron chi connectivity index (χ0n) is 18.7. The lowest BCUT2D eigenvalue weighted by atomic mass is 10.0. The van der Waals surface area contributed by atoms with Gasteiger partial charge >= 0.3 is 0 Å². The van der Waals surface area contributed by atoms with Crippen LogP contribution in [0.25, 0.3) is 16.6 Å². The van der Waals surface area contributed by atoms with E-state index in [-0.39, 0.29) is 11.8 Å². The predicted molar refractivity (Wildman–Crippen MR) is 133 cm³/mol. The maximum absolute atomic E-state index is 13.5. The SMILES string of the molecule is Cc1nn2c(C(C)C)cc(C(=O)N(C)c3ccc(C#N)cc3)cc2c1-c1cc(Cl)cc(Cl)c1. The Morgan fingerprint density at radius 3 is 2.27 bits per heavy atom. The Labute approximate surface area is 202 Å². The standard InChI is InChI=1S/C26H22Cl2N4O/c1-15(2)23-11-19(26(33)31(4)22-7-5-17(14-29)6-8-22)12-24-25(16(3)30-32(23)24)18-9-20(27)13-21(28)10-18/h5-13,15H,1-4H3. The van der Waals surface area contributed by atoms with Crippen LogP contribution in [-0.4, -0.2) is 22.6 Å². The molecule has 0 unspecified atom stereocenters. The third kappa shape index (κ3) is 4.32. The van der Waals surface area contributed by atoms with Gasteiger partial charge in [0.1, 0.15) is 0 Å². The van der Waals surface area contributed by atoms with Crippen molar-refractivity contribution in [1.29, 1.82) is 5.26 Å². The highest BCUT2D eigenvalue weighted by atomic mass is 35.5. The lowest BCUT2D eigenvalue weighted by Crippen LogP contribution is -2.26. The first-order valence-electron chi connectivity index (χ1n) is 10.5. The van der Waals surface area contributed by atoms with Crippen molar-refractivity contribution in [2.45, 2.75) is 26.7 Å². The number of amides is 1. The topological polar surface area (TPSA) is 61.4 Å². The summed E-state index contributed by atoms with van der Waals surface area (Å²) in [6, 6.07) is 18.2. The van der Waals surface area contributed by atoms with Gasteiger partial charge in [0.05, 0.1) is 22.8 Å². The summed E-state index contributed by atoms with van der Waals surface area (Å²) in [5, 5.41) is 14.9. The van der Waals surface area contributed by atoms with E-state index in [2.05, 4.69) is 19.9 Å². The molecule has 0 aliphatic carbocycles. The number of hydrogen-bond donors (Lipinski definition) is 0. The molecular formula is C26H22Cl2N4O. The number of aromatic nitrogens is 2. The number of nitriles is 1. The Kier molecular flexibility index (Phi) is 6.16. The molecule has 2 aromatic heterocycles. The minimum Gasteiger partial charge on any atom is -0.311 e. The first-order chi connectivity index (χ1) is 15.7. The van der Waals surface area contributed by atoms with Gasteiger partial charge in [0.15, 0.2) is 0 Å². The van der Waals surface area contributed by atoms with Gasteiger partial charge < -0.3 is 4.90 Å². The second-order valence-electron chi connectivity index (χ2n) is 8.26. The summed E-state index contributed by atoms with van der Waals surface area (Å²) >= 11 is 12.5. The second-order valence-corrected chi connectivity index (χ2v) is 9.13. The molecule has 0 spiro atoms. The lowest BCUT2D eigenvalue weighted by Gasteiger charge is -2.19. The number of aryl methyl sites for hydroxylation is 1. The van der Waals surface area contributed by atoms with Crippen LogP contribution >= 0.6 is 23.2 Å². The molecule has 0 radical (unpaired) electrons. The number of nitrogens with zero attached hydrogens (tertiary/aromatic N) is 4. The normalized spacial score (nSPS) is 11.1. The number of benzene rings is 2. The smallest absolute Gasteiger partial charge is 0.258 e. The number of anilines is 1. The number of hydrogen-bond acceptors (Lipinski definition) is 3. The van der Waals surface area contributed by atoms with E-state index in [1.807, 2.05) is 35.7 Å². The van der Waals surface area contributed by atoms with E-state index in [1.54, 1.807) is 42.3 Å². The summed E-state index contributed by atoms with van der Waals surface area (Å²) in [7, 11) is 1.72. The molecule has 0 N–H and O–H groups in total. The molecule has 4 aromatic rings. The Hall–Kier alpha value is -3.33. The highest BCUT2D eigenvalue weighted by molar-refractivity contribution is 6.35. The Bertz CT molecular complexity index is 1390.